The normalized spacial score (nSPS) is 0. The summed E-state index contributed by atoms with van der Waals surface area (Å²) in [7, 11) is 0. The van der Waals surface area contributed by atoms with Crippen LogP contribution in [0.5, 0.6) is 0 Å². The minimum atomic E-state index is 0. The quantitative estimate of drug-likeness (QED) is 0.529. The molecular formula is FeLaMnSr. The number of hydrogen-bond acceptors (Lipinski definition) is 0. The summed E-state index contributed by atoms with van der Waals surface area (Å²) in [6.07, 6.45) is 0. The van der Waals surface area contributed by atoms with Crippen molar-refractivity contribution in [3.05, 3.63) is 0 Å². The fraction of sp³-hybridized carbons (Fsp3) is 0. The van der Waals surface area contributed by atoms with Crippen molar-refractivity contribution in [3.63, 3.8) is 0 Å². The molecule has 0 saturated carbocycles. The molecule has 0 nitrogen and oxygen atoms in total. The van der Waals surface area contributed by atoms with Gasteiger partial charge in [0.25, 0.3) is 0 Å². The fourth-order valence-electron chi connectivity index (χ4n) is 0. The van der Waals surface area contributed by atoms with Crippen LogP contribution in [-0.2, 0) is 34.1 Å². The molecule has 4 radical (unpaired) electrons. The van der Waals surface area contributed by atoms with E-state index in [9.17, 15) is 0 Å². The van der Waals surface area contributed by atoms with Gasteiger partial charge in [-0.05, 0) is 0 Å². The zero-order valence-electron chi connectivity index (χ0n) is 2.02. The smallest absolute Gasteiger partial charge is 0 e. The van der Waals surface area contributed by atoms with Crippen LogP contribution in [0.1, 0.15) is 0 Å². The molecule has 4 heavy (non-hydrogen) atoms. The molecule has 0 aliphatic heterocycles. The third-order valence-corrected chi connectivity index (χ3v) is 0. The average molecular weight is 337 g/mol. The predicted octanol–water partition coefficient (Wildman–Crippen LogP) is -0.386. The van der Waals surface area contributed by atoms with E-state index in [1.807, 2.05) is 0 Å². The Balaban J connectivity index is 0. The van der Waals surface area contributed by atoms with Crippen molar-refractivity contribution in [2.75, 3.05) is 0 Å². The monoisotopic (exact) mass is 338 g/mol. The molecule has 0 aromatic carbocycles. The maximum absolute atomic E-state index is 0. The van der Waals surface area contributed by atoms with E-state index in [1.165, 1.54) is 0 Å². The summed E-state index contributed by atoms with van der Waals surface area (Å²) in [6, 6.07) is 0. The molecule has 0 aromatic heterocycles. The zero-order valence-corrected chi connectivity index (χ0v) is 11.4. The summed E-state index contributed by atoms with van der Waals surface area (Å²) < 4.78 is 0. The van der Waals surface area contributed by atoms with Gasteiger partial charge in [-0.2, -0.15) is 0 Å². The molecule has 0 aromatic rings. The molecule has 0 heterocycles. The molecule has 20 valence electrons. The van der Waals surface area contributed by atoms with Crippen LogP contribution in [0.3, 0.4) is 0 Å². The minimum Gasteiger partial charge on any atom is 0 e. The first kappa shape index (κ1) is 25.2. The second-order valence-corrected chi connectivity index (χ2v) is 0. The summed E-state index contributed by atoms with van der Waals surface area (Å²) in [5.74, 6) is 0. The van der Waals surface area contributed by atoms with Gasteiger partial charge in [0.2, 0.25) is 0 Å². The Labute approximate surface area is 112 Å². The van der Waals surface area contributed by atoms with Crippen LogP contribution in [0.25, 0.3) is 0 Å². The van der Waals surface area contributed by atoms with Gasteiger partial charge >= 0.3 is 0 Å². The topological polar surface area (TPSA) is 0 Å². The minimum absolute atomic E-state index is 0. The molecule has 0 spiro atoms. The second-order valence-electron chi connectivity index (χ2n) is 0. The van der Waals surface area contributed by atoms with E-state index in [-0.39, 0.29) is 115 Å². The summed E-state index contributed by atoms with van der Waals surface area (Å²) in [6.45, 7) is 0. The van der Waals surface area contributed by atoms with E-state index in [2.05, 4.69) is 0 Å². The molecule has 0 amide bonds. The van der Waals surface area contributed by atoms with Crippen molar-refractivity contribution in [3.8, 4) is 0 Å². The van der Waals surface area contributed by atoms with E-state index < -0.39 is 0 Å². The largest absolute Gasteiger partial charge is 0 e. The first-order chi connectivity index (χ1) is 0. The van der Waals surface area contributed by atoms with Crippen LogP contribution >= 0.6 is 0 Å². The van der Waals surface area contributed by atoms with Crippen LogP contribution in [0.2, 0.25) is 0 Å². The third kappa shape index (κ3) is 9.21. The van der Waals surface area contributed by atoms with E-state index in [4.69, 9.17) is 0 Å². The molecular weight excluding hydrogens is 337 g/mol. The first-order valence-corrected chi connectivity index (χ1v) is 0. The van der Waals surface area contributed by atoms with Gasteiger partial charge < -0.3 is 0 Å². The SMILES string of the molecule is [Fe].[La].[Mn].[Sr]. The molecule has 4 heteroatoms. The molecule has 0 unspecified atom stereocenters. The number of hydrogen-bond donors (Lipinski definition) is 0. The van der Waals surface area contributed by atoms with Gasteiger partial charge in [0.1, 0.15) is 0 Å². The van der Waals surface area contributed by atoms with Crippen molar-refractivity contribution < 1.29 is 69.7 Å². The second kappa shape index (κ2) is 15.9. The number of rotatable bonds is 0. The summed E-state index contributed by atoms with van der Waals surface area (Å²) in [5, 5.41) is 0. The zero-order chi connectivity index (χ0) is 0. The van der Waals surface area contributed by atoms with Gasteiger partial charge in [-0.1, -0.05) is 0 Å². The van der Waals surface area contributed by atoms with E-state index in [1.54, 1.807) is 0 Å². The van der Waals surface area contributed by atoms with Crippen LogP contribution in [0.4, 0.5) is 0 Å². The Kier molecular flexibility index (Phi) is 100. The summed E-state index contributed by atoms with van der Waals surface area (Å²) in [5.41, 5.74) is 0. The Morgan fingerprint density at radius 2 is 1.00 bits per heavy atom. The van der Waals surface area contributed by atoms with Crippen LogP contribution < -0.4 is 0 Å². The van der Waals surface area contributed by atoms with Gasteiger partial charge in [0.05, 0.1) is 0 Å². The molecule has 0 bridgehead atoms. The molecule has 0 atom stereocenters. The van der Waals surface area contributed by atoms with Gasteiger partial charge in [-0.25, -0.2) is 0 Å². The van der Waals surface area contributed by atoms with E-state index >= 15 is 0 Å². The van der Waals surface area contributed by atoms with Crippen molar-refractivity contribution >= 4 is 45.5 Å². The van der Waals surface area contributed by atoms with Crippen molar-refractivity contribution in [2.24, 2.45) is 0 Å². The molecule has 0 rings (SSSR count). The standard InChI is InChI=1S/Fe.La.Mn.Sr. The Morgan fingerprint density at radius 3 is 1.00 bits per heavy atom. The third-order valence-electron chi connectivity index (χ3n) is 0. The maximum Gasteiger partial charge on any atom is 0 e. The van der Waals surface area contributed by atoms with Gasteiger partial charge in [0.15, 0.2) is 0 Å². The van der Waals surface area contributed by atoms with Crippen LogP contribution in [-0.4, -0.2) is 45.5 Å². The van der Waals surface area contributed by atoms with E-state index in [0.717, 1.165) is 0 Å². The Bertz CT molecular complexity index is 8.00. The average Bonchev–Trinajstić information content (AvgIpc) is 0. The Morgan fingerprint density at radius 1 is 1.00 bits per heavy atom. The van der Waals surface area contributed by atoms with Crippen molar-refractivity contribution in [1.82, 2.24) is 0 Å². The predicted molar refractivity (Wildman–Crippen MR) is 5.75 cm³/mol. The molecule has 0 N–H and O–H groups in total. The van der Waals surface area contributed by atoms with Gasteiger partial charge in [0, 0.05) is 115 Å². The maximum atomic E-state index is 0. The molecule has 0 aliphatic carbocycles. The molecule has 0 fully saturated rings. The first-order valence-electron chi connectivity index (χ1n) is 0. The van der Waals surface area contributed by atoms with Crippen LogP contribution in [0, 0.1) is 35.6 Å². The van der Waals surface area contributed by atoms with Crippen LogP contribution in [0.15, 0.2) is 0 Å². The molecule has 0 aliphatic rings. The van der Waals surface area contributed by atoms with Gasteiger partial charge in [-0.3, -0.25) is 0 Å². The summed E-state index contributed by atoms with van der Waals surface area (Å²) >= 11 is 0. The fourth-order valence-corrected chi connectivity index (χ4v) is 0. The molecule has 0 saturated heterocycles. The van der Waals surface area contributed by atoms with Crippen molar-refractivity contribution in [1.29, 1.82) is 0 Å². The van der Waals surface area contributed by atoms with Gasteiger partial charge in [-0.15, -0.1) is 0 Å². The summed E-state index contributed by atoms with van der Waals surface area (Å²) in [4.78, 5) is 0. The van der Waals surface area contributed by atoms with Crippen molar-refractivity contribution in [2.45, 2.75) is 0 Å². The van der Waals surface area contributed by atoms with E-state index in [0.29, 0.717) is 0 Å². The Hall–Kier alpha value is 3.71.